The van der Waals surface area contributed by atoms with E-state index in [2.05, 4.69) is 15.5 Å². The molecule has 0 atom stereocenters. The van der Waals surface area contributed by atoms with Crippen molar-refractivity contribution in [2.24, 2.45) is 5.10 Å². The number of carbonyl (C=O) groups excluding carboxylic acids is 1. The van der Waals surface area contributed by atoms with Crippen molar-refractivity contribution in [2.75, 3.05) is 0 Å². The van der Waals surface area contributed by atoms with Crippen molar-refractivity contribution in [1.82, 2.24) is 10.4 Å². The van der Waals surface area contributed by atoms with Gasteiger partial charge in [0.05, 0.1) is 0 Å². The Labute approximate surface area is 89.4 Å². The molecule has 1 N–H and O–H groups in total. The van der Waals surface area contributed by atoms with Gasteiger partial charge in [0.25, 0.3) is 5.91 Å². The Hall–Kier alpha value is -1.71. The molecule has 0 bridgehead atoms. The molecule has 0 aromatic carbocycles. The molecule has 0 spiro atoms. The fraction of sp³-hybridized carbons (Fsp3) is 0.364. The van der Waals surface area contributed by atoms with Gasteiger partial charge in [-0.05, 0) is 32.4 Å². The minimum absolute atomic E-state index is 0.201. The van der Waals surface area contributed by atoms with Crippen LogP contribution >= 0.6 is 0 Å². The van der Waals surface area contributed by atoms with Crippen LogP contribution < -0.4 is 5.43 Å². The molecule has 0 unspecified atom stereocenters. The van der Waals surface area contributed by atoms with Gasteiger partial charge in [-0.1, -0.05) is 6.92 Å². The Balaban J connectivity index is 2.70. The van der Waals surface area contributed by atoms with E-state index in [1.165, 1.54) is 0 Å². The summed E-state index contributed by atoms with van der Waals surface area (Å²) in [6.45, 7) is 5.71. The van der Waals surface area contributed by atoms with Crippen molar-refractivity contribution in [3.05, 3.63) is 29.6 Å². The van der Waals surface area contributed by atoms with E-state index in [0.717, 1.165) is 17.8 Å². The van der Waals surface area contributed by atoms with Gasteiger partial charge in [0.2, 0.25) is 0 Å². The number of nitrogens with one attached hydrogen (secondary N) is 1. The lowest BCUT2D eigenvalue weighted by atomic mass is 10.2. The minimum atomic E-state index is -0.201. The van der Waals surface area contributed by atoms with Crippen LogP contribution in [0.15, 0.2) is 23.4 Å². The number of aryl methyl sites for hydroxylation is 1. The number of nitrogens with zero attached hydrogens (tertiary/aromatic N) is 2. The second-order valence-electron chi connectivity index (χ2n) is 3.33. The van der Waals surface area contributed by atoms with Gasteiger partial charge in [-0.3, -0.25) is 9.78 Å². The summed E-state index contributed by atoms with van der Waals surface area (Å²) in [6.07, 6.45) is 2.44. The van der Waals surface area contributed by atoms with Crippen LogP contribution in [0.5, 0.6) is 0 Å². The van der Waals surface area contributed by atoms with E-state index in [-0.39, 0.29) is 5.91 Å². The first kappa shape index (κ1) is 11.4. The van der Waals surface area contributed by atoms with Gasteiger partial charge in [0.15, 0.2) is 0 Å². The first-order valence-corrected chi connectivity index (χ1v) is 4.89. The van der Waals surface area contributed by atoms with Crippen molar-refractivity contribution in [1.29, 1.82) is 0 Å². The van der Waals surface area contributed by atoms with Gasteiger partial charge in [-0.15, -0.1) is 0 Å². The number of hydrogen-bond donors (Lipinski definition) is 1. The van der Waals surface area contributed by atoms with Crippen LogP contribution in [0, 0.1) is 6.92 Å². The highest BCUT2D eigenvalue weighted by Gasteiger charge is 2.03. The normalized spacial score (nSPS) is 11.3. The molecule has 0 saturated carbocycles. The van der Waals surface area contributed by atoms with Crippen LogP contribution in [-0.4, -0.2) is 16.6 Å². The van der Waals surface area contributed by atoms with E-state index in [9.17, 15) is 4.79 Å². The summed E-state index contributed by atoms with van der Waals surface area (Å²) >= 11 is 0. The van der Waals surface area contributed by atoms with Crippen molar-refractivity contribution in [3.8, 4) is 0 Å². The molecule has 0 saturated heterocycles. The van der Waals surface area contributed by atoms with Gasteiger partial charge in [0.1, 0.15) is 0 Å². The second-order valence-corrected chi connectivity index (χ2v) is 3.33. The lowest BCUT2D eigenvalue weighted by Crippen LogP contribution is -2.19. The Morgan fingerprint density at radius 1 is 1.60 bits per heavy atom. The van der Waals surface area contributed by atoms with Crippen molar-refractivity contribution in [2.45, 2.75) is 27.2 Å². The molecular formula is C11H15N3O. The predicted molar refractivity (Wildman–Crippen MR) is 59.8 cm³/mol. The highest BCUT2D eigenvalue weighted by Crippen LogP contribution is 2.00. The maximum Gasteiger partial charge on any atom is 0.271 e. The van der Waals surface area contributed by atoms with Crippen LogP contribution in [0.4, 0.5) is 0 Å². The molecule has 1 aromatic rings. The van der Waals surface area contributed by atoms with Gasteiger partial charge in [-0.25, -0.2) is 5.43 Å². The zero-order chi connectivity index (χ0) is 11.3. The molecule has 80 valence electrons. The highest BCUT2D eigenvalue weighted by molar-refractivity contribution is 5.95. The van der Waals surface area contributed by atoms with Crippen LogP contribution in [0.1, 0.15) is 36.3 Å². The predicted octanol–water partition coefficient (Wildman–Crippen LogP) is 1.91. The topological polar surface area (TPSA) is 54.4 Å². The Kier molecular flexibility index (Phi) is 3.97. The number of carbonyl (C=O) groups is 1. The van der Waals surface area contributed by atoms with E-state index >= 15 is 0 Å². The van der Waals surface area contributed by atoms with Gasteiger partial charge >= 0.3 is 0 Å². The molecule has 1 aromatic heterocycles. The van der Waals surface area contributed by atoms with Crippen LogP contribution in [0.3, 0.4) is 0 Å². The average Bonchev–Trinajstić information content (AvgIpc) is 2.25. The summed E-state index contributed by atoms with van der Waals surface area (Å²) in [6, 6.07) is 3.39. The third kappa shape index (κ3) is 3.50. The van der Waals surface area contributed by atoms with Gasteiger partial charge in [-0.2, -0.15) is 5.10 Å². The summed E-state index contributed by atoms with van der Waals surface area (Å²) in [5.74, 6) is -0.201. The Morgan fingerprint density at radius 3 is 2.93 bits per heavy atom. The van der Waals surface area contributed by atoms with Crippen LogP contribution in [0.25, 0.3) is 0 Å². The SMILES string of the molecule is CC/C(C)=N/NC(=O)c1ccnc(C)c1. The lowest BCUT2D eigenvalue weighted by Gasteiger charge is -2.01. The number of hydrogen-bond acceptors (Lipinski definition) is 3. The summed E-state index contributed by atoms with van der Waals surface area (Å²) in [5.41, 5.74) is 4.79. The van der Waals surface area contributed by atoms with Crippen molar-refractivity contribution in [3.63, 3.8) is 0 Å². The first-order chi connectivity index (χ1) is 7.13. The average molecular weight is 205 g/mol. The molecule has 1 rings (SSSR count). The van der Waals surface area contributed by atoms with Gasteiger partial charge in [0, 0.05) is 23.2 Å². The molecule has 0 fully saturated rings. The number of pyridine rings is 1. The molecule has 15 heavy (non-hydrogen) atoms. The zero-order valence-electron chi connectivity index (χ0n) is 9.24. The number of amides is 1. The Morgan fingerprint density at radius 2 is 2.33 bits per heavy atom. The summed E-state index contributed by atoms with van der Waals surface area (Å²) < 4.78 is 0. The van der Waals surface area contributed by atoms with Crippen molar-refractivity contribution < 1.29 is 4.79 Å². The van der Waals surface area contributed by atoms with Gasteiger partial charge < -0.3 is 0 Å². The van der Waals surface area contributed by atoms with E-state index < -0.39 is 0 Å². The molecule has 0 aliphatic carbocycles. The molecule has 4 nitrogen and oxygen atoms in total. The summed E-state index contributed by atoms with van der Waals surface area (Å²) in [4.78, 5) is 15.6. The minimum Gasteiger partial charge on any atom is -0.267 e. The Bertz CT molecular complexity index is 385. The third-order valence-electron chi connectivity index (χ3n) is 2.02. The van der Waals surface area contributed by atoms with E-state index in [4.69, 9.17) is 0 Å². The van der Waals surface area contributed by atoms with E-state index in [1.807, 2.05) is 20.8 Å². The summed E-state index contributed by atoms with van der Waals surface area (Å²) in [7, 11) is 0. The first-order valence-electron chi connectivity index (χ1n) is 4.89. The maximum absolute atomic E-state index is 11.6. The van der Waals surface area contributed by atoms with E-state index in [0.29, 0.717) is 5.56 Å². The van der Waals surface area contributed by atoms with Crippen LogP contribution in [-0.2, 0) is 0 Å². The smallest absolute Gasteiger partial charge is 0.267 e. The zero-order valence-corrected chi connectivity index (χ0v) is 9.24. The quantitative estimate of drug-likeness (QED) is 0.605. The number of hydrazone groups is 1. The standard InChI is InChI=1S/C11H15N3O/c1-4-8(2)13-14-11(15)10-5-6-12-9(3)7-10/h5-7H,4H2,1-3H3,(H,14,15)/b13-8+. The van der Waals surface area contributed by atoms with Crippen molar-refractivity contribution >= 4 is 11.6 Å². The van der Waals surface area contributed by atoms with E-state index in [1.54, 1.807) is 18.3 Å². The number of aromatic nitrogens is 1. The monoisotopic (exact) mass is 205 g/mol. The lowest BCUT2D eigenvalue weighted by molar-refractivity contribution is 0.0954. The highest BCUT2D eigenvalue weighted by atomic mass is 16.2. The molecule has 1 heterocycles. The molecule has 0 aliphatic heterocycles. The molecule has 0 radical (unpaired) electrons. The third-order valence-corrected chi connectivity index (χ3v) is 2.02. The largest absolute Gasteiger partial charge is 0.271 e. The second kappa shape index (κ2) is 5.24. The molecular weight excluding hydrogens is 190 g/mol. The number of rotatable bonds is 3. The maximum atomic E-state index is 11.6. The fourth-order valence-electron chi connectivity index (χ4n) is 0.977. The fourth-order valence-corrected chi connectivity index (χ4v) is 0.977. The summed E-state index contributed by atoms with van der Waals surface area (Å²) in [5, 5.41) is 3.95. The molecule has 4 heteroatoms. The molecule has 0 aliphatic rings. The molecule has 1 amide bonds. The van der Waals surface area contributed by atoms with Crippen LogP contribution in [0.2, 0.25) is 0 Å².